The average Bonchev–Trinajstić information content (AvgIpc) is 2.73. The van der Waals surface area contributed by atoms with Gasteiger partial charge in [0.05, 0.1) is 6.10 Å². The summed E-state index contributed by atoms with van der Waals surface area (Å²) in [6.45, 7) is 6.49. The van der Waals surface area contributed by atoms with E-state index in [0.717, 1.165) is 24.9 Å². The lowest BCUT2D eigenvalue weighted by molar-refractivity contribution is 0.0425. The first-order valence-electron chi connectivity index (χ1n) is 11.1. The van der Waals surface area contributed by atoms with Crippen LogP contribution in [0.15, 0.2) is 48.5 Å². The average molecular weight is 448 g/mol. The third-order valence-corrected chi connectivity index (χ3v) is 9.01. The summed E-state index contributed by atoms with van der Waals surface area (Å²) in [5.74, 6) is -1.08. The summed E-state index contributed by atoms with van der Waals surface area (Å²) >= 11 is 0. The number of benzene rings is 2. The maximum absolute atomic E-state index is 14.6. The Labute approximate surface area is 185 Å². The van der Waals surface area contributed by atoms with E-state index in [4.69, 9.17) is 4.52 Å². The molecule has 0 saturated heterocycles. The largest absolute Gasteiger partial charge is 0.378 e. The molecule has 4 nitrogen and oxygen atoms in total. The standard InChI is InChI=1S/C25H35FNO3P/c1-17(2)21-15-10-18(3)16-24(21)30-31(29,20-13-11-19(12-14-20)27(4)5)25(28)22-8-6-7-9-23(22)26/h6-9,11-14,17-18,21,24-25,28H,10,15-16H2,1-5H3/t18-,21+,24+,25-,31+/m0/s1. The Balaban J connectivity index is 2.05. The minimum absolute atomic E-state index is 0.00692. The predicted molar refractivity (Wildman–Crippen MR) is 126 cm³/mol. The predicted octanol–water partition coefficient (Wildman–Crippen LogP) is 5.96. The molecule has 0 aromatic heterocycles. The minimum atomic E-state index is -3.84. The van der Waals surface area contributed by atoms with Gasteiger partial charge in [0.2, 0.25) is 0 Å². The van der Waals surface area contributed by atoms with Crippen molar-refractivity contribution in [1.29, 1.82) is 0 Å². The molecule has 2 aromatic rings. The van der Waals surface area contributed by atoms with Gasteiger partial charge in [0.1, 0.15) is 5.82 Å². The Morgan fingerprint density at radius 2 is 1.74 bits per heavy atom. The van der Waals surface area contributed by atoms with Crippen LogP contribution >= 0.6 is 7.37 Å². The lowest BCUT2D eigenvalue weighted by atomic mass is 9.75. The van der Waals surface area contributed by atoms with Crippen molar-refractivity contribution in [1.82, 2.24) is 0 Å². The molecule has 170 valence electrons. The van der Waals surface area contributed by atoms with Crippen LogP contribution in [0.4, 0.5) is 10.1 Å². The second kappa shape index (κ2) is 9.85. The Morgan fingerprint density at radius 3 is 2.32 bits per heavy atom. The van der Waals surface area contributed by atoms with E-state index in [-0.39, 0.29) is 17.6 Å². The quantitative estimate of drug-likeness (QED) is 0.532. The normalized spacial score (nSPS) is 24.6. The molecular weight excluding hydrogens is 412 g/mol. The molecular formula is C25H35FNO3P. The number of aliphatic hydroxyl groups excluding tert-OH is 1. The van der Waals surface area contributed by atoms with Gasteiger partial charge in [-0.3, -0.25) is 4.57 Å². The molecule has 1 fully saturated rings. The molecule has 1 aliphatic rings. The molecule has 0 aliphatic heterocycles. The van der Waals surface area contributed by atoms with Gasteiger partial charge in [0, 0.05) is 30.7 Å². The van der Waals surface area contributed by atoms with Gasteiger partial charge >= 0.3 is 0 Å². The number of hydrogen-bond donors (Lipinski definition) is 1. The SMILES string of the molecule is CC(C)[C@H]1CC[C@H](C)C[C@H]1O[P@](=O)(c1ccc(N(C)C)cc1)[C@H](O)c1ccccc1F. The van der Waals surface area contributed by atoms with Gasteiger partial charge in [-0.15, -0.1) is 0 Å². The third-order valence-electron chi connectivity index (χ3n) is 6.48. The summed E-state index contributed by atoms with van der Waals surface area (Å²) in [5.41, 5.74) is 0.953. The Hall–Kier alpha value is -1.68. The van der Waals surface area contributed by atoms with Crippen LogP contribution < -0.4 is 10.2 Å². The van der Waals surface area contributed by atoms with E-state index in [1.54, 1.807) is 24.3 Å². The molecule has 31 heavy (non-hydrogen) atoms. The van der Waals surface area contributed by atoms with Crippen molar-refractivity contribution in [2.45, 2.75) is 52.0 Å². The fourth-order valence-electron chi connectivity index (χ4n) is 4.52. The minimum Gasteiger partial charge on any atom is -0.378 e. The van der Waals surface area contributed by atoms with Crippen LogP contribution in [0, 0.1) is 23.6 Å². The highest BCUT2D eigenvalue weighted by Gasteiger charge is 2.43. The number of aliphatic hydroxyl groups is 1. The topological polar surface area (TPSA) is 49.8 Å². The second-order valence-electron chi connectivity index (χ2n) is 9.37. The lowest BCUT2D eigenvalue weighted by Gasteiger charge is -2.40. The number of hydrogen-bond acceptors (Lipinski definition) is 4. The van der Waals surface area contributed by atoms with E-state index in [9.17, 15) is 14.1 Å². The number of halogens is 1. The van der Waals surface area contributed by atoms with Gasteiger partial charge in [0.15, 0.2) is 5.85 Å². The molecule has 1 N–H and O–H groups in total. The maximum Gasteiger partial charge on any atom is 0.264 e. The summed E-state index contributed by atoms with van der Waals surface area (Å²) in [4.78, 5) is 1.94. The van der Waals surface area contributed by atoms with Crippen molar-refractivity contribution in [3.8, 4) is 0 Å². The van der Waals surface area contributed by atoms with Crippen LogP contribution in [0.1, 0.15) is 51.4 Å². The van der Waals surface area contributed by atoms with E-state index in [1.807, 2.05) is 31.1 Å². The van der Waals surface area contributed by atoms with E-state index < -0.39 is 19.0 Å². The Kier molecular flexibility index (Phi) is 7.62. The molecule has 0 spiro atoms. The van der Waals surface area contributed by atoms with Crippen molar-refractivity contribution in [2.75, 3.05) is 19.0 Å². The van der Waals surface area contributed by atoms with Gasteiger partial charge in [-0.05, 0) is 60.9 Å². The first-order chi connectivity index (χ1) is 14.6. The van der Waals surface area contributed by atoms with Crippen molar-refractivity contribution >= 4 is 18.4 Å². The summed E-state index contributed by atoms with van der Waals surface area (Å²) in [6.07, 6.45) is 2.65. The lowest BCUT2D eigenvalue weighted by Crippen LogP contribution is -2.35. The molecule has 0 bridgehead atoms. The number of nitrogens with zero attached hydrogens (tertiary/aromatic N) is 1. The van der Waals surface area contributed by atoms with Crippen molar-refractivity contribution in [3.05, 3.63) is 59.9 Å². The molecule has 0 unspecified atom stereocenters. The Morgan fingerprint density at radius 1 is 1.10 bits per heavy atom. The molecule has 5 atom stereocenters. The third kappa shape index (κ3) is 5.22. The number of rotatable bonds is 7. The van der Waals surface area contributed by atoms with Crippen LogP contribution in [0.3, 0.4) is 0 Å². The zero-order chi connectivity index (χ0) is 22.8. The smallest absolute Gasteiger partial charge is 0.264 e. The first-order valence-corrected chi connectivity index (χ1v) is 12.8. The van der Waals surface area contributed by atoms with Crippen LogP contribution in [-0.2, 0) is 9.09 Å². The highest BCUT2D eigenvalue weighted by molar-refractivity contribution is 7.67. The summed E-state index contributed by atoms with van der Waals surface area (Å²) in [5, 5.41) is 11.6. The van der Waals surface area contributed by atoms with E-state index >= 15 is 0 Å². The molecule has 6 heteroatoms. The molecule has 0 heterocycles. The Bertz CT molecular complexity index is 915. The second-order valence-corrected chi connectivity index (χ2v) is 11.8. The van der Waals surface area contributed by atoms with Gasteiger partial charge in [-0.2, -0.15) is 0 Å². The number of anilines is 1. The molecule has 0 amide bonds. The maximum atomic E-state index is 14.6. The highest BCUT2D eigenvalue weighted by atomic mass is 31.2. The monoisotopic (exact) mass is 447 g/mol. The van der Waals surface area contributed by atoms with Crippen LogP contribution in [0.5, 0.6) is 0 Å². The van der Waals surface area contributed by atoms with E-state index in [1.165, 1.54) is 12.1 Å². The summed E-state index contributed by atoms with van der Waals surface area (Å²) in [7, 11) is 0.0164. The van der Waals surface area contributed by atoms with Crippen molar-refractivity contribution in [2.24, 2.45) is 17.8 Å². The summed E-state index contributed by atoms with van der Waals surface area (Å²) < 4.78 is 35.4. The zero-order valence-corrected chi connectivity index (χ0v) is 20.1. The molecule has 1 saturated carbocycles. The van der Waals surface area contributed by atoms with Crippen LogP contribution in [0.25, 0.3) is 0 Å². The fourth-order valence-corrected chi connectivity index (χ4v) is 6.83. The molecule has 2 aromatic carbocycles. The van der Waals surface area contributed by atoms with E-state index in [0.29, 0.717) is 17.1 Å². The fraction of sp³-hybridized carbons (Fsp3) is 0.520. The van der Waals surface area contributed by atoms with Gasteiger partial charge in [-0.25, -0.2) is 4.39 Å². The van der Waals surface area contributed by atoms with Gasteiger partial charge in [-0.1, -0.05) is 45.4 Å². The van der Waals surface area contributed by atoms with Gasteiger partial charge < -0.3 is 14.5 Å². The van der Waals surface area contributed by atoms with Crippen molar-refractivity contribution < 1.29 is 18.6 Å². The zero-order valence-electron chi connectivity index (χ0n) is 19.2. The van der Waals surface area contributed by atoms with E-state index in [2.05, 4.69) is 20.8 Å². The van der Waals surface area contributed by atoms with Crippen LogP contribution in [0.2, 0.25) is 0 Å². The van der Waals surface area contributed by atoms with Gasteiger partial charge in [0.25, 0.3) is 7.37 Å². The molecule has 1 aliphatic carbocycles. The molecule has 3 rings (SSSR count). The van der Waals surface area contributed by atoms with Crippen LogP contribution in [-0.4, -0.2) is 25.3 Å². The summed E-state index contributed by atoms with van der Waals surface area (Å²) in [6, 6.07) is 13.1. The highest BCUT2D eigenvalue weighted by Crippen LogP contribution is 2.60. The first kappa shape index (κ1) is 24.0. The van der Waals surface area contributed by atoms with Crippen molar-refractivity contribution in [3.63, 3.8) is 0 Å². The molecule has 0 radical (unpaired) electrons.